The monoisotopic (exact) mass is 364 g/mol. The van der Waals surface area contributed by atoms with Crippen LogP contribution in [0.4, 0.5) is 0 Å². The summed E-state index contributed by atoms with van der Waals surface area (Å²) in [6.45, 7) is 6.31. The summed E-state index contributed by atoms with van der Waals surface area (Å²) in [6.07, 6.45) is 2.01. The van der Waals surface area contributed by atoms with Gasteiger partial charge in [0.05, 0.1) is 5.39 Å². The summed E-state index contributed by atoms with van der Waals surface area (Å²) in [7, 11) is 0. The smallest absolute Gasteiger partial charge is 0.274 e. The minimum absolute atomic E-state index is 0. The van der Waals surface area contributed by atoms with Gasteiger partial charge in [0.15, 0.2) is 5.69 Å². The third kappa shape index (κ3) is 4.38. The fourth-order valence-electron chi connectivity index (χ4n) is 3.10. The maximum absolute atomic E-state index is 12.8. The number of benzene rings is 1. The minimum atomic E-state index is -0.211. The van der Waals surface area contributed by atoms with Gasteiger partial charge in [-0.25, -0.2) is 4.68 Å². The highest BCUT2D eigenvalue weighted by Crippen LogP contribution is 2.14. The van der Waals surface area contributed by atoms with E-state index in [0.29, 0.717) is 23.0 Å². The molecule has 0 aliphatic carbocycles. The van der Waals surface area contributed by atoms with E-state index in [-0.39, 0.29) is 35.8 Å². The standard InChI is InChI=1S/C18H24N4O2.ClH/c1-12(2)11-22-18(24)15-8-4-3-7-14(15)16(21-22)17(23)20-13-6-5-9-19-10-13;/h3-4,7-8,12-13,19H,5-6,9-11H2,1-2H3,(H,20,23);1H. The molecule has 1 aliphatic heterocycles. The predicted octanol–water partition coefficient (Wildman–Crippen LogP) is 1.96. The molecule has 0 bridgehead atoms. The van der Waals surface area contributed by atoms with Gasteiger partial charge in [-0.2, -0.15) is 5.10 Å². The van der Waals surface area contributed by atoms with Gasteiger partial charge in [-0.3, -0.25) is 9.59 Å². The topological polar surface area (TPSA) is 76.0 Å². The van der Waals surface area contributed by atoms with Gasteiger partial charge in [0.25, 0.3) is 11.5 Å². The molecule has 2 heterocycles. The zero-order valence-electron chi connectivity index (χ0n) is 14.6. The lowest BCUT2D eigenvalue weighted by Crippen LogP contribution is -2.46. The second-order valence-electron chi connectivity index (χ2n) is 6.79. The normalized spacial score (nSPS) is 17.3. The van der Waals surface area contributed by atoms with Crippen LogP contribution < -0.4 is 16.2 Å². The Morgan fingerprint density at radius 2 is 2.08 bits per heavy atom. The van der Waals surface area contributed by atoms with Gasteiger partial charge in [-0.15, -0.1) is 12.4 Å². The van der Waals surface area contributed by atoms with E-state index in [2.05, 4.69) is 15.7 Å². The van der Waals surface area contributed by atoms with Gasteiger partial charge in [-0.05, 0) is 31.4 Å². The highest BCUT2D eigenvalue weighted by molar-refractivity contribution is 6.04. The number of nitrogens with one attached hydrogen (secondary N) is 2. The van der Waals surface area contributed by atoms with Crippen LogP contribution in [0.15, 0.2) is 29.1 Å². The molecule has 0 saturated carbocycles. The highest BCUT2D eigenvalue weighted by Gasteiger charge is 2.21. The molecule has 7 heteroatoms. The molecule has 1 atom stereocenters. The number of fused-ring (bicyclic) bond motifs is 1. The second kappa shape index (κ2) is 8.45. The van der Waals surface area contributed by atoms with Crippen molar-refractivity contribution < 1.29 is 4.79 Å². The predicted molar refractivity (Wildman–Crippen MR) is 101 cm³/mol. The van der Waals surface area contributed by atoms with Crippen LogP contribution in [0.1, 0.15) is 37.2 Å². The molecule has 1 aliphatic rings. The summed E-state index contributed by atoms with van der Waals surface area (Å²) in [6, 6.07) is 7.30. The van der Waals surface area contributed by atoms with Crippen molar-refractivity contribution in [2.75, 3.05) is 13.1 Å². The molecule has 1 saturated heterocycles. The minimum Gasteiger partial charge on any atom is -0.347 e. The molecule has 1 aromatic carbocycles. The van der Waals surface area contributed by atoms with Crippen LogP contribution in [0.2, 0.25) is 0 Å². The summed E-state index contributed by atoms with van der Waals surface area (Å²) >= 11 is 0. The Morgan fingerprint density at radius 3 is 2.72 bits per heavy atom. The molecular formula is C18H25ClN4O2. The average Bonchev–Trinajstić information content (AvgIpc) is 2.58. The number of rotatable bonds is 4. The van der Waals surface area contributed by atoms with E-state index in [1.54, 1.807) is 12.1 Å². The van der Waals surface area contributed by atoms with Crippen LogP contribution in [0.3, 0.4) is 0 Å². The summed E-state index contributed by atoms with van der Waals surface area (Å²) in [5.41, 5.74) is 0.187. The number of piperidine rings is 1. The lowest BCUT2D eigenvalue weighted by molar-refractivity contribution is 0.0924. The second-order valence-corrected chi connectivity index (χ2v) is 6.79. The average molecular weight is 365 g/mol. The molecule has 0 spiro atoms. The van der Waals surface area contributed by atoms with Gasteiger partial charge < -0.3 is 10.6 Å². The first-order valence-electron chi connectivity index (χ1n) is 8.57. The van der Waals surface area contributed by atoms with E-state index in [0.717, 1.165) is 25.9 Å². The first kappa shape index (κ1) is 19.4. The summed E-state index contributed by atoms with van der Waals surface area (Å²) in [5, 5.41) is 11.9. The maximum atomic E-state index is 12.8. The van der Waals surface area contributed by atoms with Gasteiger partial charge in [-0.1, -0.05) is 32.0 Å². The van der Waals surface area contributed by atoms with Crippen LogP contribution in [-0.4, -0.2) is 34.8 Å². The number of aromatic nitrogens is 2. The fourth-order valence-corrected chi connectivity index (χ4v) is 3.10. The molecule has 25 heavy (non-hydrogen) atoms. The van der Waals surface area contributed by atoms with Crippen LogP contribution in [0.25, 0.3) is 10.8 Å². The van der Waals surface area contributed by atoms with Crippen LogP contribution >= 0.6 is 12.4 Å². The third-order valence-electron chi connectivity index (χ3n) is 4.25. The number of amides is 1. The molecule has 2 aromatic rings. The maximum Gasteiger partial charge on any atom is 0.274 e. The summed E-state index contributed by atoms with van der Waals surface area (Å²) in [5.74, 6) is 0.0622. The van der Waals surface area contributed by atoms with Crippen LogP contribution in [0, 0.1) is 5.92 Å². The van der Waals surface area contributed by atoms with Crippen molar-refractivity contribution in [1.29, 1.82) is 0 Å². The molecule has 2 N–H and O–H groups in total. The Labute approximate surface area is 153 Å². The number of nitrogens with zero attached hydrogens (tertiary/aromatic N) is 2. The van der Waals surface area contributed by atoms with E-state index in [1.165, 1.54) is 4.68 Å². The molecule has 3 rings (SSSR count). The Balaban J connectivity index is 0.00000225. The molecule has 1 unspecified atom stereocenters. The van der Waals surface area contributed by atoms with Gasteiger partial charge >= 0.3 is 0 Å². The van der Waals surface area contributed by atoms with E-state index in [4.69, 9.17) is 0 Å². The van der Waals surface area contributed by atoms with E-state index in [9.17, 15) is 9.59 Å². The molecule has 1 aromatic heterocycles. The van der Waals surface area contributed by atoms with Crippen molar-refractivity contribution in [3.8, 4) is 0 Å². The largest absolute Gasteiger partial charge is 0.347 e. The lowest BCUT2D eigenvalue weighted by Gasteiger charge is -2.24. The Kier molecular flexibility index (Phi) is 6.56. The van der Waals surface area contributed by atoms with Crippen molar-refractivity contribution in [2.45, 2.75) is 39.3 Å². The van der Waals surface area contributed by atoms with Gasteiger partial charge in [0, 0.05) is 24.5 Å². The van der Waals surface area contributed by atoms with Gasteiger partial charge in [0.1, 0.15) is 0 Å². The Hall–Kier alpha value is -1.92. The number of hydrogen-bond donors (Lipinski definition) is 2. The zero-order chi connectivity index (χ0) is 17.1. The lowest BCUT2D eigenvalue weighted by atomic mass is 10.1. The Morgan fingerprint density at radius 1 is 1.36 bits per heavy atom. The fraction of sp³-hybridized carbons (Fsp3) is 0.500. The molecule has 136 valence electrons. The van der Waals surface area contributed by atoms with Crippen molar-refractivity contribution in [2.24, 2.45) is 5.92 Å². The first-order valence-corrected chi connectivity index (χ1v) is 8.57. The number of carbonyl (C=O) groups is 1. The molecule has 1 amide bonds. The third-order valence-corrected chi connectivity index (χ3v) is 4.25. The van der Waals surface area contributed by atoms with Crippen molar-refractivity contribution >= 4 is 29.1 Å². The summed E-state index contributed by atoms with van der Waals surface area (Å²) in [4.78, 5) is 25.3. The van der Waals surface area contributed by atoms with Crippen LogP contribution in [-0.2, 0) is 6.54 Å². The zero-order valence-corrected chi connectivity index (χ0v) is 15.4. The van der Waals surface area contributed by atoms with Gasteiger partial charge in [0.2, 0.25) is 0 Å². The molecule has 0 radical (unpaired) electrons. The molecular weight excluding hydrogens is 340 g/mol. The summed E-state index contributed by atoms with van der Waals surface area (Å²) < 4.78 is 1.42. The van der Waals surface area contributed by atoms with E-state index < -0.39 is 0 Å². The van der Waals surface area contributed by atoms with E-state index >= 15 is 0 Å². The molecule has 6 nitrogen and oxygen atoms in total. The highest BCUT2D eigenvalue weighted by atomic mass is 35.5. The Bertz CT molecular complexity index is 797. The van der Waals surface area contributed by atoms with E-state index in [1.807, 2.05) is 26.0 Å². The van der Waals surface area contributed by atoms with Crippen molar-refractivity contribution in [1.82, 2.24) is 20.4 Å². The quantitative estimate of drug-likeness (QED) is 0.869. The number of halogens is 1. The number of carbonyl (C=O) groups excluding carboxylic acids is 1. The first-order chi connectivity index (χ1) is 11.6. The molecule has 1 fully saturated rings. The van der Waals surface area contributed by atoms with Crippen molar-refractivity contribution in [3.63, 3.8) is 0 Å². The van der Waals surface area contributed by atoms with Crippen molar-refractivity contribution in [3.05, 3.63) is 40.3 Å². The SMILES string of the molecule is CC(C)Cn1nc(C(=O)NC2CCCNC2)c2ccccc2c1=O.Cl. The van der Waals surface area contributed by atoms with Crippen LogP contribution in [0.5, 0.6) is 0 Å². The number of hydrogen-bond acceptors (Lipinski definition) is 4.